The van der Waals surface area contributed by atoms with Crippen molar-refractivity contribution in [3.05, 3.63) is 28.5 Å². The number of ether oxygens (including phenoxy) is 1. The molecule has 2 rings (SSSR count). The summed E-state index contributed by atoms with van der Waals surface area (Å²) in [6, 6.07) is 3.68. The zero-order valence-corrected chi connectivity index (χ0v) is 13.2. The van der Waals surface area contributed by atoms with Gasteiger partial charge in [-0.1, -0.05) is 15.9 Å². The number of hydrogen-bond acceptors (Lipinski definition) is 4. The molecule has 0 spiro atoms. The Labute approximate surface area is 129 Å². The van der Waals surface area contributed by atoms with Gasteiger partial charge in [-0.3, -0.25) is 4.79 Å². The first kappa shape index (κ1) is 16.3. The Morgan fingerprint density at radius 3 is 2.86 bits per heavy atom. The molecule has 1 aliphatic rings. The van der Waals surface area contributed by atoms with E-state index in [1.807, 2.05) is 0 Å². The Morgan fingerprint density at radius 2 is 2.24 bits per heavy atom. The van der Waals surface area contributed by atoms with Crippen LogP contribution >= 0.6 is 15.9 Å². The van der Waals surface area contributed by atoms with Gasteiger partial charge in [-0.15, -0.1) is 0 Å². The average Bonchev–Trinajstić information content (AvgIpc) is 2.37. The molecule has 1 saturated heterocycles. The fourth-order valence-corrected chi connectivity index (χ4v) is 3.89. The lowest BCUT2D eigenvalue weighted by Crippen LogP contribution is -2.46. The second-order valence-electron chi connectivity index (χ2n) is 4.53. The van der Waals surface area contributed by atoms with Crippen molar-refractivity contribution in [3.63, 3.8) is 0 Å². The summed E-state index contributed by atoms with van der Waals surface area (Å²) >= 11 is 3.06. The molecule has 116 valence electrons. The minimum atomic E-state index is -4.01. The van der Waals surface area contributed by atoms with Crippen LogP contribution in [0.1, 0.15) is 6.42 Å². The highest BCUT2D eigenvalue weighted by molar-refractivity contribution is 9.10. The fourth-order valence-electron chi connectivity index (χ4n) is 2.05. The van der Waals surface area contributed by atoms with Gasteiger partial charge in [-0.25, -0.2) is 12.8 Å². The molecule has 1 aromatic rings. The number of morpholine rings is 1. The van der Waals surface area contributed by atoms with E-state index in [2.05, 4.69) is 15.9 Å². The molecular formula is C12H13BrFNO5S. The molecule has 6 nitrogen and oxygen atoms in total. The topological polar surface area (TPSA) is 83.9 Å². The van der Waals surface area contributed by atoms with Crippen LogP contribution in [0.2, 0.25) is 0 Å². The van der Waals surface area contributed by atoms with Gasteiger partial charge in [0.15, 0.2) is 0 Å². The summed E-state index contributed by atoms with van der Waals surface area (Å²) in [4.78, 5) is 10.2. The highest BCUT2D eigenvalue weighted by atomic mass is 79.9. The number of carboxylic acids is 1. The third-order valence-corrected chi connectivity index (χ3v) is 5.41. The van der Waals surface area contributed by atoms with E-state index >= 15 is 0 Å². The maximum absolute atomic E-state index is 13.8. The molecule has 0 bridgehead atoms. The van der Waals surface area contributed by atoms with Gasteiger partial charge in [0, 0.05) is 17.6 Å². The molecular weight excluding hydrogens is 369 g/mol. The number of carboxylic acid groups (broad SMARTS) is 1. The number of nitrogens with zero attached hydrogens (tertiary/aromatic N) is 1. The minimum absolute atomic E-state index is 0.0634. The first-order valence-corrected chi connectivity index (χ1v) is 8.32. The molecule has 1 aromatic carbocycles. The number of hydrogen-bond donors (Lipinski definition) is 1. The van der Waals surface area contributed by atoms with Crippen LogP contribution in [0, 0.1) is 5.82 Å². The van der Waals surface area contributed by atoms with Crippen molar-refractivity contribution in [2.45, 2.75) is 17.4 Å². The zero-order valence-electron chi connectivity index (χ0n) is 10.8. The van der Waals surface area contributed by atoms with Gasteiger partial charge in [-0.2, -0.15) is 4.31 Å². The Balaban J connectivity index is 2.24. The molecule has 9 heteroatoms. The monoisotopic (exact) mass is 381 g/mol. The Hall–Kier alpha value is -1.03. The molecule has 0 saturated carbocycles. The third-order valence-electron chi connectivity index (χ3n) is 3.02. The van der Waals surface area contributed by atoms with Crippen LogP contribution in [0.15, 0.2) is 27.6 Å². The molecule has 0 amide bonds. The summed E-state index contributed by atoms with van der Waals surface area (Å²) in [6.45, 7) is 0.0351. The summed E-state index contributed by atoms with van der Waals surface area (Å²) in [6.07, 6.45) is -1.03. The van der Waals surface area contributed by atoms with Crippen LogP contribution in [0.25, 0.3) is 0 Å². The van der Waals surface area contributed by atoms with Gasteiger partial charge in [0.2, 0.25) is 10.0 Å². The lowest BCUT2D eigenvalue weighted by atomic mass is 10.2. The smallest absolute Gasteiger partial charge is 0.306 e. The summed E-state index contributed by atoms with van der Waals surface area (Å²) in [7, 11) is -4.01. The van der Waals surface area contributed by atoms with Crippen molar-refractivity contribution < 1.29 is 27.4 Å². The van der Waals surface area contributed by atoms with Gasteiger partial charge < -0.3 is 9.84 Å². The first-order chi connectivity index (χ1) is 9.80. The van der Waals surface area contributed by atoms with Crippen molar-refractivity contribution in [2.75, 3.05) is 19.7 Å². The Morgan fingerprint density at radius 1 is 1.52 bits per heavy atom. The number of rotatable bonds is 4. The molecule has 0 aliphatic carbocycles. The fraction of sp³-hybridized carbons (Fsp3) is 0.417. The molecule has 1 heterocycles. The van der Waals surface area contributed by atoms with E-state index in [4.69, 9.17) is 9.84 Å². The summed E-state index contributed by atoms with van der Waals surface area (Å²) in [5, 5.41) is 8.73. The van der Waals surface area contributed by atoms with Crippen molar-refractivity contribution in [1.82, 2.24) is 4.31 Å². The highest BCUT2D eigenvalue weighted by Crippen LogP contribution is 2.24. The van der Waals surface area contributed by atoms with E-state index in [1.54, 1.807) is 0 Å². The SMILES string of the molecule is O=C(O)CC1CN(S(=O)(=O)c2ccc(Br)cc2F)CCO1. The minimum Gasteiger partial charge on any atom is -0.481 e. The number of benzene rings is 1. The molecule has 1 N–H and O–H groups in total. The molecule has 1 atom stereocenters. The maximum Gasteiger partial charge on any atom is 0.306 e. The van der Waals surface area contributed by atoms with E-state index in [0.717, 1.165) is 10.4 Å². The second kappa shape index (κ2) is 6.39. The largest absolute Gasteiger partial charge is 0.481 e. The summed E-state index contributed by atoms with van der Waals surface area (Å²) in [5.74, 6) is -1.93. The number of halogens is 2. The Bertz CT molecular complexity index is 651. The third kappa shape index (κ3) is 3.79. The summed E-state index contributed by atoms with van der Waals surface area (Å²) in [5.41, 5.74) is 0. The maximum atomic E-state index is 13.8. The van der Waals surface area contributed by atoms with E-state index in [9.17, 15) is 17.6 Å². The van der Waals surface area contributed by atoms with Crippen LogP contribution in [-0.4, -0.2) is 49.6 Å². The van der Waals surface area contributed by atoms with Gasteiger partial charge >= 0.3 is 5.97 Å². The van der Waals surface area contributed by atoms with Gasteiger partial charge in [-0.05, 0) is 18.2 Å². The van der Waals surface area contributed by atoms with E-state index in [-0.39, 0.29) is 26.1 Å². The van der Waals surface area contributed by atoms with Crippen LogP contribution < -0.4 is 0 Å². The molecule has 0 aromatic heterocycles. The molecule has 1 aliphatic heterocycles. The van der Waals surface area contributed by atoms with Crippen molar-refractivity contribution >= 4 is 31.9 Å². The quantitative estimate of drug-likeness (QED) is 0.853. The van der Waals surface area contributed by atoms with E-state index in [1.165, 1.54) is 12.1 Å². The molecule has 1 fully saturated rings. The lowest BCUT2D eigenvalue weighted by molar-refractivity contribution is -0.141. The predicted molar refractivity (Wildman–Crippen MR) is 74.9 cm³/mol. The van der Waals surface area contributed by atoms with E-state index < -0.39 is 32.8 Å². The van der Waals surface area contributed by atoms with Crippen molar-refractivity contribution in [1.29, 1.82) is 0 Å². The molecule has 0 radical (unpaired) electrons. The lowest BCUT2D eigenvalue weighted by Gasteiger charge is -2.31. The number of aliphatic carboxylic acids is 1. The Kier molecular flexibility index (Phi) is 4.97. The highest BCUT2D eigenvalue weighted by Gasteiger charge is 2.33. The predicted octanol–water partition coefficient (Wildman–Crippen LogP) is 1.45. The van der Waals surface area contributed by atoms with Gasteiger partial charge in [0.05, 0.1) is 19.1 Å². The van der Waals surface area contributed by atoms with Crippen LogP contribution in [0.4, 0.5) is 4.39 Å². The van der Waals surface area contributed by atoms with Gasteiger partial charge in [0.25, 0.3) is 0 Å². The number of sulfonamides is 1. The van der Waals surface area contributed by atoms with Crippen molar-refractivity contribution in [2.24, 2.45) is 0 Å². The average molecular weight is 382 g/mol. The standard InChI is InChI=1S/C12H13BrFNO5S/c13-8-1-2-11(10(14)5-8)21(18,19)15-3-4-20-9(7-15)6-12(16)17/h1-2,5,9H,3-4,6-7H2,(H,16,17). The molecule has 21 heavy (non-hydrogen) atoms. The summed E-state index contributed by atoms with van der Waals surface area (Å²) < 4.78 is 45.4. The normalized spacial score (nSPS) is 20.4. The van der Waals surface area contributed by atoms with Gasteiger partial charge in [0.1, 0.15) is 10.7 Å². The van der Waals surface area contributed by atoms with Crippen LogP contribution in [0.5, 0.6) is 0 Å². The first-order valence-electron chi connectivity index (χ1n) is 6.09. The van der Waals surface area contributed by atoms with Crippen LogP contribution in [0.3, 0.4) is 0 Å². The molecule has 1 unspecified atom stereocenters. The zero-order chi connectivity index (χ0) is 15.6. The van der Waals surface area contributed by atoms with Crippen molar-refractivity contribution in [3.8, 4) is 0 Å². The number of carbonyl (C=O) groups is 1. The van der Waals surface area contributed by atoms with Crippen LogP contribution in [-0.2, 0) is 19.6 Å². The van der Waals surface area contributed by atoms with E-state index in [0.29, 0.717) is 4.47 Å². The second-order valence-corrected chi connectivity index (χ2v) is 7.35.